The number of carbonyl (C=O) groups is 3. The standard InChI is InChI=1S/C28H21ClF4N6O4.CH4/c29-20-4-2-1-3-19(20)23(24(41)36-17-11-28(32,33)12-17)38(18-8-14(30)7-15(31)9-18)25(42)21-10-22(40)26(43)39(21)27-35-6-5-16(13-34)37-27;/h1-9,17,21-23,40H,10-12H2,(H,36,41);1H4/t21-,22+,23+;/m0./s1. The predicted octanol–water partition coefficient (Wildman–Crippen LogP) is 4.07. The molecule has 10 nitrogen and oxygen atoms in total. The average molecular weight is 633 g/mol. The van der Waals surface area contributed by atoms with E-state index in [4.69, 9.17) is 11.6 Å². The van der Waals surface area contributed by atoms with Crippen molar-refractivity contribution in [2.75, 3.05) is 9.80 Å². The largest absolute Gasteiger partial charge is 0.383 e. The summed E-state index contributed by atoms with van der Waals surface area (Å²) in [5, 5.41) is 22.1. The molecule has 1 aromatic heterocycles. The van der Waals surface area contributed by atoms with Gasteiger partial charge in [-0.05, 0) is 24.3 Å². The summed E-state index contributed by atoms with van der Waals surface area (Å²) in [5.74, 6) is -8.76. The van der Waals surface area contributed by atoms with Crippen molar-refractivity contribution < 1.29 is 37.1 Å². The molecule has 5 rings (SSSR count). The smallest absolute Gasteiger partial charge is 0.259 e. The molecule has 1 saturated carbocycles. The van der Waals surface area contributed by atoms with Gasteiger partial charge in [0.1, 0.15) is 41.6 Å². The third kappa shape index (κ3) is 6.34. The molecule has 1 aliphatic heterocycles. The Labute approximate surface area is 253 Å². The Morgan fingerprint density at radius 3 is 2.43 bits per heavy atom. The van der Waals surface area contributed by atoms with Crippen LogP contribution in [0, 0.1) is 23.0 Å². The Balaban J connectivity index is 0.00000442. The van der Waals surface area contributed by atoms with Gasteiger partial charge in [-0.3, -0.25) is 24.2 Å². The molecule has 2 aromatic carbocycles. The van der Waals surface area contributed by atoms with Crippen molar-refractivity contribution in [3.8, 4) is 6.07 Å². The van der Waals surface area contributed by atoms with Gasteiger partial charge in [0.25, 0.3) is 17.7 Å². The maximum atomic E-state index is 14.5. The molecule has 3 aromatic rings. The van der Waals surface area contributed by atoms with Crippen LogP contribution in [0.5, 0.6) is 0 Å². The second kappa shape index (κ2) is 12.6. The van der Waals surface area contributed by atoms with E-state index in [1.165, 1.54) is 30.3 Å². The van der Waals surface area contributed by atoms with Gasteiger partial charge in [-0.1, -0.05) is 37.2 Å². The molecule has 44 heavy (non-hydrogen) atoms. The number of anilines is 2. The molecule has 0 spiro atoms. The van der Waals surface area contributed by atoms with Crippen molar-refractivity contribution in [2.45, 2.75) is 56.8 Å². The second-order valence-electron chi connectivity index (χ2n) is 10.1. The van der Waals surface area contributed by atoms with E-state index in [0.29, 0.717) is 11.0 Å². The normalized spacial score (nSPS) is 19.8. The van der Waals surface area contributed by atoms with E-state index in [-0.39, 0.29) is 23.7 Å². The highest BCUT2D eigenvalue weighted by molar-refractivity contribution is 6.31. The first-order valence-electron chi connectivity index (χ1n) is 12.8. The number of nitrogens with zero attached hydrogens (tertiary/aromatic N) is 5. The Morgan fingerprint density at radius 1 is 1.16 bits per heavy atom. The lowest BCUT2D eigenvalue weighted by Gasteiger charge is -2.39. The number of aliphatic hydroxyl groups is 1. The van der Waals surface area contributed by atoms with Crippen LogP contribution in [0.15, 0.2) is 54.7 Å². The lowest BCUT2D eigenvalue weighted by molar-refractivity contribution is -0.133. The zero-order valence-corrected chi connectivity index (χ0v) is 22.7. The van der Waals surface area contributed by atoms with Crippen LogP contribution in [-0.2, 0) is 14.4 Å². The molecule has 2 N–H and O–H groups in total. The maximum absolute atomic E-state index is 14.5. The van der Waals surface area contributed by atoms with Crippen LogP contribution in [0.25, 0.3) is 0 Å². The molecule has 0 bridgehead atoms. The van der Waals surface area contributed by atoms with E-state index < -0.39 is 90.4 Å². The van der Waals surface area contributed by atoms with Crippen molar-refractivity contribution in [3.63, 3.8) is 0 Å². The third-order valence-corrected chi connectivity index (χ3v) is 7.39. The average Bonchev–Trinajstić information content (AvgIpc) is 3.24. The molecular formula is C29H25ClF4N6O4. The first-order valence-corrected chi connectivity index (χ1v) is 13.2. The molecule has 1 aliphatic carbocycles. The summed E-state index contributed by atoms with van der Waals surface area (Å²) in [4.78, 5) is 50.5. The number of halogens is 5. The SMILES string of the molecule is C.N#Cc1ccnc(N2C(=O)[C@H](O)C[C@H]2C(=O)N(c2cc(F)cc(F)c2)[C@@H](C(=O)NC2CC(F)(F)C2)c2ccccc2Cl)n1. The molecular weight excluding hydrogens is 608 g/mol. The van der Waals surface area contributed by atoms with Gasteiger partial charge in [-0.15, -0.1) is 0 Å². The minimum atomic E-state index is -3.00. The number of aromatic nitrogens is 2. The van der Waals surface area contributed by atoms with Gasteiger partial charge in [0.15, 0.2) is 0 Å². The fourth-order valence-electron chi connectivity index (χ4n) is 5.09. The van der Waals surface area contributed by atoms with E-state index in [1.54, 1.807) is 6.07 Å². The van der Waals surface area contributed by atoms with E-state index in [9.17, 15) is 42.3 Å². The number of hydrogen-bond donors (Lipinski definition) is 2. The first kappa shape index (κ1) is 32.3. The van der Waals surface area contributed by atoms with Crippen LogP contribution in [0.1, 0.15) is 44.0 Å². The molecule has 15 heteroatoms. The summed E-state index contributed by atoms with van der Waals surface area (Å²) >= 11 is 6.41. The van der Waals surface area contributed by atoms with Crippen LogP contribution in [0.3, 0.4) is 0 Å². The van der Waals surface area contributed by atoms with E-state index in [1.807, 2.05) is 0 Å². The number of benzene rings is 2. The number of hydrogen-bond acceptors (Lipinski definition) is 7. The van der Waals surface area contributed by atoms with Gasteiger partial charge in [0, 0.05) is 48.2 Å². The summed E-state index contributed by atoms with van der Waals surface area (Å²) < 4.78 is 56.3. The summed E-state index contributed by atoms with van der Waals surface area (Å²) in [6, 6.07) is 6.43. The number of nitrogens with one attached hydrogen (secondary N) is 1. The molecule has 2 heterocycles. The molecule has 1 saturated heterocycles. The number of carbonyl (C=O) groups excluding carboxylic acids is 3. The highest BCUT2D eigenvalue weighted by Crippen LogP contribution is 2.40. The molecule has 3 amide bonds. The Hall–Kier alpha value is -4.61. The molecule has 0 radical (unpaired) electrons. The molecule has 230 valence electrons. The molecule has 2 fully saturated rings. The fraction of sp³-hybridized carbons (Fsp3) is 0.310. The van der Waals surface area contributed by atoms with Crippen LogP contribution in [0.2, 0.25) is 5.02 Å². The van der Waals surface area contributed by atoms with Gasteiger partial charge >= 0.3 is 0 Å². The zero-order valence-electron chi connectivity index (χ0n) is 21.9. The van der Waals surface area contributed by atoms with E-state index >= 15 is 0 Å². The molecule has 2 aliphatic rings. The Kier molecular flexibility index (Phi) is 9.22. The highest BCUT2D eigenvalue weighted by Gasteiger charge is 2.50. The summed E-state index contributed by atoms with van der Waals surface area (Å²) in [6.07, 6.45) is -2.47. The van der Waals surface area contributed by atoms with Crippen LogP contribution in [0.4, 0.5) is 29.2 Å². The van der Waals surface area contributed by atoms with Gasteiger partial charge in [-0.2, -0.15) is 5.26 Å². The monoisotopic (exact) mass is 632 g/mol. The van der Waals surface area contributed by atoms with Gasteiger partial charge in [0.05, 0.1) is 5.69 Å². The summed E-state index contributed by atoms with van der Waals surface area (Å²) in [6.45, 7) is 0. The van der Waals surface area contributed by atoms with Gasteiger partial charge in [0.2, 0.25) is 11.9 Å². The van der Waals surface area contributed by atoms with Crippen molar-refractivity contribution >= 4 is 41.0 Å². The Morgan fingerprint density at radius 2 is 1.82 bits per heavy atom. The Bertz CT molecular complexity index is 1630. The van der Waals surface area contributed by atoms with Gasteiger partial charge < -0.3 is 10.4 Å². The quantitative estimate of drug-likeness (QED) is 0.374. The van der Waals surface area contributed by atoms with Crippen molar-refractivity contribution in [3.05, 3.63) is 82.6 Å². The van der Waals surface area contributed by atoms with E-state index in [0.717, 1.165) is 23.2 Å². The zero-order chi connectivity index (χ0) is 31.1. The number of aliphatic hydroxyl groups excluding tert-OH is 1. The predicted molar refractivity (Wildman–Crippen MR) is 150 cm³/mol. The van der Waals surface area contributed by atoms with Crippen molar-refractivity contribution in [1.82, 2.24) is 15.3 Å². The summed E-state index contributed by atoms with van der Waals surface area (Å²) in [7, 11) is 0. The number of amides is 3. The molecule has 0 unspecified atom stereocenters. The highest BCUT2D eigenvalue weighted by atomic mass is 35.5. The lowest BCUT2D eigenvalue weighted by atomic mass is 9.87. The minimum absolute atomic E-state index is 0. The van der Waals surface area contributed by atoms with Gasteiger partial charge in [-0.25, -0.2) is 27.5 Å². The summed E-state index contributed by atoms with van der Waals surface area (Å²) in [5.41, 5.74) is -0.660. The topological polar surface area (TPSA) is 140 Å². The van der Waals surface area contributed by atoms with Crippen LogP contribution < -0.4 is 15.1 Å². The van der Waals surface area contributed by atoms with Crippen LogP contribution in [-0.4, -0.2) is 56.9 Å². The molecule has 3 atom stereocenters. The van der Waals surface area contributed by atoms with Crippen molar-refractivity contribution in [1.29, 1.82) is 5.26 Å². The second-order valence-corrected chi connectivity index (χ2v) is 10.5. The number of rotatable bonds is 7. The fourth-order valence-corrected chi connectivity index (χ4v) is 5.33. The minimum Gasteiger partial charge on any atom is -0.383 e. The number of alkyl halides is 2. The lowest BCUT2D eigenvalue weighted by Crippen LogP contribution is -2.56. The van der Waals surface area contributed by atoms with E-state index in [2.05, 4.69) is 15.3 Å². The maximum Gasteiger partial charge on any atom is 0.259 e. The first-order chi connectivity index (χ1) is 20.4. The van der Waals surface area contributed by atoms with Crippen LogP contribution >= 0.6 is 11.6 Å². The third-order valence-electron chi connectivity index (χ3n) is 7.04. The van der Waals surface area contributed by atoms with Crippen molar-refractivity contribution in [2.24, 2.45) is 0 Å². The number of nitriles is 1.